The predicted molar refractivity (Wildman–Crippen MR) is 103 cm³/mol. The summed E-state index contributed by atoms with van der Waals surface area (Å²) in [5.74, 6) is -2.39. The van der Waals surface area contributed by atoms with E-state index < -0.39 is 27.6 Å². The minimum Gasteiger partial charge on any atom is -0.377 e. The molecule has 1 unspecified atom stereocenters. The fourth-order valence-corrected chi connectivity index (χ4v) is 4.20. The maximum absolute atomic E-state index is 13.4. The zero-order chi connectivity index (χ0) is 21.0. The van der Waals surface area contributed by atoms with E-state index >= 15 is 0 Å². The zero-order valence-electron chi connectivity index (χ0n) is 15.9. The Labute approximate surface area is 168 Å². The Morgan fingerprint density at radius 1 is 1.21 bits per heavy atom. The Balaban J connectivity index is 1.69. The molecule has 0 radical (unpaired) electrons. The molecule has 1 fully saturated rings. The minimum absolute atomic E-state index is 0.0254. The van der Waals surface area contributed by atoms with Crippen LogP contribution in [0, 0.1) is 11.6 Å². The van der Waals surface area contributed by atoms with Gasteiger partial charge in [0.15, 0.2) is 11.6 Å². The topological polar surface area (TPSA) is 75.7 Å². The van der Waals surface area contributed by atoms with Gasteiger partial charge in [-0.25, -0.2) is 21.9 Å². The SMILES string of the molecule is CN(Cc1ccc(F)c(F)c1)C(=O)c1cccc(S(=O)(=O)NCC2CCCO2)c1. The molecule has 0 aliphatic carbocycles. The van der Waals surface area contributed by atoms with Crippen molar-refractivity contribution >= 4 is 15.9 Å². The molecule has 1 aliphatic rings. The first kappa shape index (κ1) is 21.4. The van der Waals surface area contributed by atoms with Crippen LogP contribution in [-0.2, 0) is 21.3 Å². The summed E-state index contributed by atoms with van der Waals surface area (Å²) < 4.78 is 59.4. The van der Waals surface area contributed by atoms with E-state index in [1.807, 2.05) is 0 Å². The van der Waals surface area contributed by atoms with E-state index in [4.69, 9.17) is 4.74 Å². The average Bonchev–Trinajstić information content (AvgIpc) is 3.22. The first-order valence-corrected chi connectivity index (χ1v) is 10.7. The second-order valence-electron chi connectivity index (χ2n) is 6.92. The lowest BCUT2D eigenvalue weighted by Gasteiger charge is -2.18. The van der Waals surface area contributed by atoms with Crippen molar-refractivity contribution in [3.8, 4) is 0 Å². The number of carbonyl (C=O) groups excluding carboxylic acids is 1. The minimum atomic E-state index is -3.79. The van der Waals surface area contributed by atoms with Gasteiger partial charge in [-0.05, 0) is 48.7 Å². The fraction of sp³-hybridized carbons (Fsp3) is 0.350. The van der Waals surface area contributed by atoms with Crippen molar-refractivity contribution in [3.05, 3.63) is 65.2 Å². The summed E-state index contributed by atoms with van der Waals surface area (Å²) in [6.07, 6.45) is 1.56. The van der Waals surface area contributed by atoms with Crippen LogP contribution in [0.1, 0.15) is 28.8 Å². The average molecular weight is 424 g/mol. The first-order chi connectivity index (χ1) is 13.8. The number of benzene rings is 2. The lowest BCUT2D eigenvalue weighted by atomic mass is 10.1. The number of hydrogen-bond donors (Lipinski definition) is 1. The highest BCUT2D eigenvalue weighted by atomic mass is 32.2. The molecule has 2 aromatic carbocycles. The lowest BCUT2D eigenvalue weighted by molar-refractivity contribution is 0.0784. The van der Waals surface area contributed by atoms with Crippen LogP contribution in [0.25, 0.3) is 0 Å². The molecular formula is C20H22F2N2O4S. The predicted octanol–water partition coefficient (Wildman–Crippen LogP) is 2.69. The van der Waals surface area contributed by atoms with E-state index in [1.165, 1.54) is 42.3 Å². The van der Waals surface area contributed by atoms with E-state index in [-0.39, 0.29) is 29.7 Å². The molecule has 0 bridgehead atoms. The van der Waals surface area contributed by atoms with Crippen LogP contribution in [0.15, 0.2) is 47.4 Å². The van der Waals surface area contributed by atoms with Gasteiger partial charge >= 0.3 is 0 Å². The van der Waals surface area contributed by atoms with E-state index in [0.717, 1.165) is 25.0 Å². The third-order valence-corrected chi connectivity index (χ3v) is 6.09. The summed E-state index contributed by atoms with van der Waals surface area (Å²) >= 11 is 0. The fourth-order valence-electron chi connectivity index (χ4n) is 3.09. The number of carbonyl (C=O) groups is 1. The van der Waals surface area contributed by atoms with Crippen molar-refractivity contribution in [1.29, 1.82) is 0 Å². The molecule has 2 aromatic rings. The Kier molecular flexibility index (Phi) is 6.61. The van der Waals surface area contributed by atoms with Gasteiger partial charge in [-0.3, -0.25) is 4.79 Å². The Morgan fingerprint density at radius 2 is 2.00 bits per heavy atom. The van der Waals surface area contributed by atoms with Crippen LogP contribution >= 0.6 is 0 Å². The monoisotopic (exact) mass is 424 g/mol. The molecule has 29 heavy (non-hydrogen) atoms. The molecule has 1 aliphatic heterocycles. The van der Waals surface area contributed by atoms with Crippen LogP contribution in [0.5, 0.6) is 0 Å². The maximum Gasteiger partial charge on any atom is 0.253 e. The van der Waals surface area contributed by atoms with E-state index in [9.17, 15) is 22.0 Å². The van der Waals surface area contributed by atoms with Crippen LogP contribution in [0.2, 0.25) is 0 Å². The van der Waals surface area contributed by atoms with Gasteiger partial charge in [0.25, 0.3) is 5.91 Å². The number of halogens is 2. The molecule has 6 nitrogen and oxygen atoms in total. The van der Waals surface area contributed by atoms with Gasteiger partial charge in [0, 0.05) is 32.3 Å². The summed E-state index contributed by atoms with van der Waals surface area (Å²) in [6.45, 7) is 0.849. The highest BCUT2D eigenvalue weighted by molar-refractivity contribution is 7.89. The smallest absolute Gasteiger partial charge is 0.253 e. The van der Waals surface area contributed by atoms with Crippen molar-refractivity contribution in [1.82, 2.24) is 9.62 Å². The third kappa shape index (κ3) is 5.37. The molecule has 1 heterocycles. The van der Waals surface area contributed by atoms with Crippen LogP contribution < -0.4 is 4.72 Å². The van der Waals surface area contributed by atoms with Gasteiger partial charge in [-0.15, -0.1) is 0 Å². The van der Waals surface area contributed by atoms with Gasteiger partial charge in [-0.2, -0.15) is 0 Å². The molecule has 1 amide bonds. The van der Waals surface area contributed by atoms with E-state index in [2.05, 4.69) is 4.72 Å². The van der Waals surface area contributed by atoms with Crippen LogP contribution in [0.4, 0.5) is 8.78 Å². The number of nitrogens with zero attached hydrogens (tertiary/aromatic N) is 1. The number of ether oxygens (including phenoxy) is 1. The Morgan fingerprint density at radius 3 is 2.69 bits per heavy atom. The normalized spacial score (nSPS) is 16.7. The maximum atomic E-state index is 13.4. The van der Waals surface area contributed by atoms with Crippen molar-refractivity contribution in [3.63, 3.8) is 0 Å². The molecule has 0 spiro atoms. The van der Waals surface area contributed by atoms with Crippen molar-refractivity contribution < 1.29 is 26.7 Å². The number of sulfonamides is 1. The molecule has 0 saturated carbocycles. The zero-order valence-corrected chi connectivity index (χ0v) is 16.7. The highest BCUT2D eigenvalue weighted by Crippen LogP contribution is 2.17. The van der Waals surface area contributed by atoms with Crippen molar-refractivity contribution in [2.45, 2.75) is 30.4 Å². The van der Waals surface area contributed by atoms with Gasteiger partial charge in [-0.1, -0.05) is 12.1 Å². The largest absolute Gasteiger partial charge is 0.377 e. The molecule has 1 N–H and O–H groups in total. The van der Waals surface area contributed by atoms with Gasteiger partial charge in [0.1, 0.15) is 0 Å². The van der Waals surface area contributed by atoms with E-state index in [1.54, 1.807) is 0 Å². The molecule has 3 rings (SSSR count). The standard InChI is InChI=1S/C20H22F2N2O4S/c1-24(13-14-7-8-18(21)19(22)10-14)20(25)15-4-2-6-17(11-15)29(26,27)23-12-16-5-3-9-28-16/h2,4,6-8,10-11,16,23H,3,5,9,12-13H2,1H3. The summed E-state index contributed by atoms with van der Waals surface area (Å²) in [5, 5.41) is 0. The molecule has 9 heteroatoms. The second kappa shape index (κ2) is 8.98. The Hall–Kier alpha value is -2.36. The van der Waals surface area contributed by atoms with E-state index in [0.29, 0.717) is 12.2 Å². The molecule has 156 valence electrons. The van der Waals surface area contributed by atoms with Crippen LogP contribution in [-0.4, -0.2) is 45.5 Å². The summed E-state index contributed by atoms with van der Waals surface area (Å²) in [6, 6.07) is 9.09. The number of amides is 1. The quantitative estimate of drug-likeness (QED) is 0.742. The first-order valence-electron chi connectivity index (χ1n) is 9.17. The Bertz CT molecular complexity index is 992. The summed E-state index contributed by atoms with van der Waals surface area (Å²) in [5.41, 5.74) is 0.594. The molecular weight excluding hydrogens is 402 g/mol. The summed E-state index contributed by atoms with van der Waals surface area (Å²) in [7, 11) is -2.29. The van der Waals surface area contributed by atoms with Crippen molar-refractivity contribution in [2.75, 3.05) is 20.2 Å². The molecule has 0 aromatic heterocycles. The van der Waals surface area contributed by atoms with Gasteiger partial charge in [0.2, 0.25) is 10.0 Å². The summed E-state index contributed by atoms with van der Waals surface area (Å²) in [4.78, 5) is 13.9. The lowest BCUT2D eigenvalue weighted by Crippen LogP contribution is -2.32. The molecule has 1 atom stereocenters. The molecule has 1 saturated heterocycles. The number of nitrogens with one attached hydrogen (secondary N) is 1. The van der Waals surface area contributed by atoms with Gasteiger partial charge in [0.05, 0.1) is 11.0 Å². The second-order valence-corrected chi connectivity index (χ2v) is 8.69. The van der Waals surface area contributed by atoms with Crippen LogP contribution in [0.3, 0.4) is 0 Å². The highest BCUT2D eigenvalue weighted by Gasteiger charge is 2.22. The number of rotatable bonds is 7. The number of hydrogen-bond acceptors (Lipinski definition) is 4. The van der Waals surface area contributed by atoms with Crippen molar-refractivity contribution in [2.24, 2.45) is 0 Å². The van der Waals surface area contributed by atoms with Gasteiger partial charge < -0.3 is 9.64 Å². The third-order valence-electron chi connectivity index (χ3n) is 4.67.